The number of piperidine rings is 1. The number of nitrogens with zero attached hydrogens (tertiary/aromatic N) is 4. The van der Waals surface area contributed by atoms with Gasteiger partial charge in [-0.25, -0.2) is 15.0 Å². The second kappa shape index (κ2) is 7.93. The van der Waals surface area contributed by atoms with Crippen LogP contribution in [0.25, 0.3) is 0 Å². The lowest BCUT2D eigenvalue weighted by Gasteiger charge is -2.42. The van der Waals surface area contributed by atoms with Crippen molar-refractivity contribution in [1.29, 1.82) is 0 Å². The highest BCUT2D eigenvalue weighted by Gasteiger charge is 2.43. The SMILES string of the molecule is COc1nccc(Sc2ncc(N3CCC4(CCC[C@H]4N)CC3)nc2N)c1Cl. The molecule has 0 unspecified atom stereocenters. The van der Waals surface area contributed by atoms with Crippen molar-refractivity contribution in [3.05, 3.63) is 23.5 Å². The third kappa shape index (κ3) is 3.60. The Bertz CT molecular complexity index is 858. The predicted molar refractivity (Wildman–Crippen MR) is 112 cm³/mol. The molecule has 0 bridgehead atoms. The molecule has 1 atom stereocenters. The van der Waals surface area contributed by atoms with Crippen molar-refractivity contribution in [3.63, 3.8) is 0 Å². The normalized spacial score (nSPS) is 21.2. The lowest BCUT2D eigenvalue weighted by atomic mass is 9.74. The van der Waals surface area contributed by atoms with Gasteiger partial charge in [0.05, 0.1) is 13.3 Å². The van der Waals surface area contributed by atoms with Crippen LogP contribution >= 0.6 is 23.4 Å². The molecular weight excluding hydrogens is 396 g/mol. The summed E-state index contributed by atoms with van der Waals surface area (Å²) in [7, 11) is 1.53. The van der Waals surface area contributed by atoms with Gasteiger partial charge in [-0.2, -0.15) is 0 Å². The minimum Gasteiger partial charge on any atom is -0.480 e. The number of nitrogens with two attached hydrogens (primary N) is 2. The van der Waals surface area contributed by atoms with E-state index in [0.29, 0.717) is 33.2 Å². The van der Waals surface area contributed by atoms with Gasteiger partial charge in [0, 0.05) is 30.2 Å². The minimum atomic E-state index is 0.322. The van der Waals surface area contributed by atoms with Gasteiger partial charge < -0.3 is 21.1 Å². The topological polar surface area (TPSA) is 103 Å². The first kappa shape index (κ1) is 19.5. The molecular formula is C19H25ClN6OS. The number of halogens is 1. The maximum Gasteiger partial charge on any atom is 0.233 e. The summed E-state index contributed by atoms with van der Waals surface area (Å²) in [6, 6.07) is 2.14. The van der Waals surface area contributed by atoms with Crippen LogP contribution in [0.1, 0.15) is 32.1 Å². The molecule has 4 N–H and O–H groups in total. The van der Waals surface area contributed by atoms with E-state index in [4.69, 9.17) is 27.8 Å². The molecule has 1 spiro atoms. The number of ether oxygens (including phenoxy) is 1. The highest BCUT2D eigenvalue weighted by molar-refractivity contribution is 7.99. The molecule has 2 aromatic heterocycles. The van der Waals surface area contributed by atoms with Crippen molar-refractivity contribution < 1.29 is 4.74 Å². The first-order chi connectivity index (χ1) is 13.5. The highest BCUT2D eigenvalue weighted by atomic mass is 35.5. The average Bonchev–Trinajstić information content (AvgIpc) is 3.05. The minimum absolute atomic E-state index is 0.322. The van der Waals surface area contributed by atoms with Crippen LogP contribution in [0.5, 0.6) is 5.88 Å². The fourth-order valence-corrected chi connectivity index (χ4v) is 5.39. The van der Waals surface area contributed by atoms with Crippen molar-refractivity contribution in [2.24, 2.45) is 11.1 Å². The van der Waals surface area contributed by atoms with Crippen LogP contribution in [0.3, 0.4) is 0 Å². The fraction of sp³-hybridized carbons (Fsp3) is 0.526. The molecule has 1 aliphatic heterocycles. The van der Waals surface area contributed by atoms with Crippen LogP contribution in [0.4, 0.5) is 11.6 Å². The summed E-state index contributed by atoms with van der Waals surface area (Å²) in [6.45, 7) is 1.89. The average molecular weight is 421 g/mol. The van der Waals surface area contributed by atoms with Crippen molar-refractivity contribution in [1.82, 2.24) is 15.0 Å². The molecule has 28 heavy (non-hydrogen) atoms. The standard InChI is InChI=1S/C19H25ClN6OS/c1-27-17-15(20)12(4-8-23-17)28-18-16(22)25-14(11-24-18)26-9-6-19(7-10-26)5-2-3-13(19)21/h4,8,11,13H,2-3,5-7,9-10,21H2,1H3,(H2,22,25)/t13-/m1/s1. The summed E-state index contributed by atoms with van der Waals surface area (Å²) < 4.78 is 5.16. The number of hydrogen-bond acceptors (Lipinski definition) is 8. The van der Waals surface area contributed by atoms with Crippen LogP contribution in [0.15, 0.2) is 28.4 Å². The van der Waals surface area contributed by atoms with E-state index in [2.05, 4.69) is 19.9 Å². The fourth-order valence-electron chi connectivity index (χ4n) is 4.31. The van der Waals surface area contributed by atoms with Gasteiger partial charge in [0.25, 0.3) is 0 Å². The molecule has 1 saturated carbocycles. The number of methoxy groups -OCH3 is 1. The number of rotatable bonds is 4. The van der Waals surface area contributed by atoms with Gasteiger partial charge >= 0.3 is 0 Å². The molecule has 2 fully saturated rings. The summed E-state index contributed by atoms with van der Waals surface area (Å²) in [6.07, 6.45) is 9.31. The van der Waals surface area contributed by atoms with Crippen LogP contribution in [0.2, 0.25) is 5.02 Å². The molecule has 0 aromatic carbocycles. The maximum absolute atomic E-state index is 6.39. The molecule has 2 aliphatic rings. The third-order valence-electron chi connectivity index (χ3n) is 6.03. The first-order valence-corrected chi connectivity index (χ1v) is 10.7. The smallest absolute Gasteiger partial charge is 0.233 e. The van der Waals surface area contributed by atoms with E-state index < -0.39 is 0 Å². The number of hydrogen-bond donors (Lipinski definition) is 2. The van der Waals surface area contributed by atoms with Gasteiger partial charge in [-0.1, -0.05) is 29.8 Å². The van der Waals surface area contributed by atoms with Crippen LogP contribution in [-0.2, 0) is 0 Å². The van der Waals surface area contributed by atoms with Gasteiger partial charge in [-0.15, -0.1) is 0 Å². The zero-order valence-electron chi connectivity index (χ0n) is 15.9. The lowest BCUT2D eigenvalue weighted by molar-refractivity contribution is 0.197. The number of pyridine rings is 1. The Labute approximate surface area is 174 Å². The number of anilines is 2. The van der Waals surface area contributed by atoms with E-state index in [1.165, 1.54) is 31.7 Å². The van der Waals surface area contributed by atoms with E-state index >= 15 is 0 Å². The second-order valence-electron chi connectivity index (χ2n) is 7.50. The zero-order chi connectivity index (χ0) is 19.7. The Kier molecular flexibility index (Phi) is 5.53. The number of nitrogen functional groups attached to an aromatic ring is 1. The first-order valence-electron chi connectivity index (χ1n) is 9.52. The quantitative estimate of drug-likeness (QED) is 0.775. The Morgan fingerprint density at radius 2 is 2.07 bits per heavy atom. The summed E-state index contributed by atoms with van der Waals surface area (Å²) in [5, 5.41) is 1.06. The highest BCUT2D eigenvalue weighted by Crippen LogP contribution is 2.46. The van der Waals surface area contributed by atoms with E-state index in [9.17, 15) is 0 Å². The zero-order valence-corrected chi connectivity index (χ0v) is 17.5. The largest absolute Gasteiger partial charge is 0.480 e. The van der Waals surface area contributed by atoms with E-state index in [0.717, 1.165) is 43.1 Å². The van der Waals surface area contributed by atoms with Crippen LogP contribution < -0.4 is 21.1 Å². The molecule has 4 rings (SSSR count). The van der Waals surface area contributed by atoms with Gasteiger partial charge in [0.1, 0.15) is 15.9 Å². The molecule has 7 nitrogen and oxygen atoms in total. The second-order valence-corrected chi connectivity index (χ2v) is 8.91. The predicted octanol–water partition coefficient (Wildman–Crippen LogP) is 3.36. The Balaban J connectivity index is 1.47. The van der Waals surface area contributed by atoms with Crippen LogP contribution in [0, 0.1) is 5.41 Å². The van der Waals surface area contributed by atoms with Crippen molar-refractivity contribution in [2.75, 3.05) is 30.8 Å². The Hall–Kier alpha value is -1.77. The molecule has 0 radical (unpaired) electrons. The van der Waals surface area contributed by atoms with Gasteiger partial charge in [-0.3, -0.25) is 0 Å². The summed E-state index contributed by atoms with van der Waals surface area (Å²) in [5.41, 5.74) is 12.9. The van der Waals surface area contributed by atoms with Gasteiger partial charge in [-0.05, 0) is 37.2 Å². The van der Waals surface area contributed by atoms with Crippen molar-refractivity contribution in [2.45, 2.75) is 48.1 Å². The lowest BCUT2D eigenvalue weighted by Crippen LogP contribution is -2.47. The van der Waals surface area contributed by atoms with E-state index in [-0.39, 0.29) is 0 Å². The van der Waals surface area contributed by atoms with Crippen LogP contribution in [-0.4, -0.2) is 41.2 Å². The molecule has 3 heterocycles. The van der Waals surface area contributed by atoms with Crippen molar-refractivity contribution >= 4 is 35.0 Å². The van der Waals surface area contributed by atoms with E-state index in [1.54, 1.807) is 18.5 Å². The monoisotopic (exact) mass is 420 g/mol. The molecule has 9 heteroatoms. The maximum atomic E-state index is 6.39. The molecule has 0 amide bonds. The third-order valence-corrected chi connectivity index (χ3v) is 7.58. The molecule has 150 valence electrons. The van der Waals surface area contributed by atoms with Crippen molar-refractivity contribution in [3.8, 4) is 5.88 Å². The number of aromatic nitrogens is 3. The molecule has 1 saturated heterocycles. The van der Waals surface area contributed by atoms with E-state index in [1.807, 2.05) is 0 Å². The molecule has 2 aromatic rings. The van der Waals surface area contributed by atoms with Gasteiger partial charge in [0.2, 0.25) is 5.88 Å². The summed E-state index contributed by atoms with van der Waals surface area (Å²) in [4.78, 5) is 16.3. The summed E-state index contributed by atoms with van der Waals surface area (Å²) >= 11 is 7.68. The molecule has 1 aliphatic carbocycles. The Morgan fingerprint density at radius 3 is 2.71 bits per heavy atom. The van der Waals surface area contributed by atoms with Gasteiger partial charge in [0.15, 0.2) is 5.82 Å². The summed E-state index contributed by atoms with van der Waals surface area (Å²) in [5.74, 6) is 1.59. The Morgan fingerprint density at radius 1 is 1.29 bits per heavy atom.